The Morgan fingerprint density at radius 1 is 1.19 bits per heavy atom. The van der Waals surface area contributed by atoms with Crippen molar-refractivity contribution in [1.29, 1.82) is 0 Å². The number of esters is 1. The second-order valence-corrected chi connectivity index (χ2v) is 7.64. The molecule has 2 rings (SSSR count). The molecule has 0 aliphatic heterocycles. The van der Waals surface area contributed by atoms with Gasteiger partial charge in [-0.1, -0.05) is 31.5 Å². The van der Waals surface area contributed by atoms with Crippen LogP contribution in [0, 0.1) is 28.8 Å². The molecule has 0 saturated heterocycles. The Balaban J connectivity index is 1.99. The van der Waals surface area contributed by atoms with Crippen LogP contribution in [0.3, 0.4) is 0 Å². The summed E-state index contributed by atoms with van der Waals surface area (Å²) in [6.07, 6.45) is 0. The van der Waals surface area contributed by atoms with Crippen molar-refractivity contribution in [3.05, 3.63) is 68.5 Å². The molecule has 0 heterocycles. The highest BCUT2D eigenvalue weighted by Crippen LogP contribution is 2.23. The van der Waals surface area contributed by atoms with E-state index in [4.69, 9.17) is 16.3 Å². The summed E-state index contributed by atoms with van der Waals surface area (Å²) in [4.78, 5) is 47.1. The first-order valence-electron chi connectivity index (χ1n) is 9.47. The third-order valence-corrected chi connectivity index (χ3v) is 4.73. The molecule has 0 aliphatic rings. The third kappa shape index (κ3) is 6.48. The lowest BCUT2D eigenvalue weighted by Crippen LogP contribution is -2.46. The molecule has 0 unspecified atom stereocenters. The van der Waals surface area contributed by atoms with Gasteiger partial charge in [-0.3, -0.25) is 19.7 Å². The minimum absolute atomic E-state index is 0.0603. The van der Waals surface area contributed by atoms with Crippen molar-refractivity contribution < 1.29 is 28.4 Å². The van der Waals surface area contributed by atoms with E-state index in [1.807, 2.05) is 0 Å². The van der Waals surface area contributed by atoms with Crippen molar-refractivity contribution in [1.82, 2.24) is 5.32 Å². The summed E-state index contributed by atoms with van der Waals surface area (Å²) in [7, 11) is 0. The van der Waals surface area contributed by atoms with Crippen LogP contribution in [0.25, 0.3) is 0 Å². The summed E-state index contributed by atoms with van der Waals surface area (Å²) in [5, 5.41) is 15.5. The van der Waals surface area contributed by atoms with Crippen molar-refractivity contribution in [3.63, 3.8) is 0 Å². The number of rotatable bonds is 8. The van der Waals surface area contributed by atoms with Crippen LogP contribution in [0.15, 0.2) is 36.4 Å². The first-order valence-corrected chi connectivity index (χ1v) is 9.84. The molecule has 0 bridgehead atoms. The van der Waals surface area contributed by atoms with Gasteiger partial charge in [0, 0.05) is 17.8 Å². The summed E-state index contributed by atoms with van der Waals surface area (Å²) >= 11 is 5.95. The van der Waals surface area contributed by atoms with Gasteiger partial charge in [-0.05, 0) is 36.6 Å². The topological polar surface area (TPSA) is 128 Å². The van der Waals surface area contributed by atoms with Gasteiger partial charge in [0.2, 0.25) is 0 Å². The van der Waals surface area contributed by atoms with Gasteiger partial charge in [0.25, 0.3) is 17.5 Å². The lowest BCUT2D eigenvalue weighted by atomic mass is 10.0. The molecule has 11 heteroatoms. The monoisotopic (exact) mass is 465 g/mol. The van der Waals surface area contributed by atoms with Crippen molar-refractivity contribution in [2.75, 3.05) is 11.9 Å². The predicted molar refractivity (Wildman–Crippen MR) is 115 cm³/mol. The van der Waals surface area contributed by atoms with Gasteiger partial charge in [-0.15, -0.1) is 0 Å². The van der Waals surface area contributed by atoms with E-state index in [0.717, 1.165) is 18.2 Å². The number of ether oxygens (including phenoxy) is 1. The maximum atomic E-state index is 13.6. The Hall–Kier alpha value is -3.53. The largest absolute Gasteiger partial charge is 0.454 e. The number of nitro groups is 1. The SMILES string of the molecule is Cc1ccc(NC(=O)COC(=O)[C@@H](NC(=O)c2ccc([N+](=O)[O-])cc2Cl)C(C)C)cc1F. The third-order valence-electron chi connectivity index (χ3n) is 4.42. The van der Waals surface area contributed by atoms with Crippen LogP contribution in [0.4, 0.5) is 15.8 Å². The molecule has 0 aliphatic carbocycles. The Labute approximate surface area is 188 Å². The normalized spacial score (nSPS) is 11.6. The van der Waals surface area contributed by atoms with Crippen molar-refractivity contribution >= 4 is 40.8 Å². The minimum atomic E-state index is -1.11. The van der Waals surface area contributed by atoms with Crippen molar-refractivity contribution in [2.45, 2.75) is 26.8 Å². The van der Waals surface area contributed by atoms with E-state index < -0.39 is 47.1 Å². The summed E-state index contributed by atoms with van der Waals surface area (Å²) in [6.45, 7) is 4.23. The zero-order valence-electron chi connectivity index (χ0n) is 17.5. The maximum absolute atomic E-state index is 13.6. The minimum Gasteiger partial charge on any atom is -0.454 e. The highest BCUT2D eigenvalue weighted by Gasteiger charge is 2.28. The van der Waals surface area contributed by atoms with Crippen LogP contribution in [0.1, 0.15) is 29.8 Å². The van der Waals surface area contributed by atoms with Gasteiger partial charge < -0.3 is 15.4 Å². The second-order valence-electron chi connectivity index (χ2n) is 7.24. The maximum Gasteiger partial charge on any atom is 0.329 e. The molecular weight excluding hydrogens is 445 g/mol. The molecule has 9 nitrogen and oxygen atoms in total. The number of benzene rings is 2. The molecule has 0 radical (unpaired) electrons. The fourth-order valence-corrected chi connectivity index (χ4v) is 2.87. The van der Waals surface area contributed by atoms with Crippen molar-refractivity contribution in [3.8, 4) is 0 Å². The van der Waals surface area contributed by atoms with Gasteiger partial charge in [-0.25, -0.2) is 9.18 Å². The first-order chi connectivity index (χ1) is 15.0. The highest BCUT2D eigenvalue weighted by atomic mass is 35.5. The molecule has 1 atom stereocenters. The number of non-ortho nitro benzene ring substituents is 1. The van der Waals surface area contributed by atoms with Gasteiger partial charge in [-0.2, -0.15) is 0 Å². The summed E-state index contributed by atoms with van der Waals surface area (Å²) in [6, 6.07) is 6.33. The van der Waals surface area contributed by atoms with E-state index in [1.54, 1.807) is 20.8 Å². The van der Waals surface area contributed by atoms with E-state index in [0.29, 0.717) is 5.56 Å². The zero-order valence-corrected chi connectivity index (χ0v) is 18.2. The van der Waals surface area contributed by atoms with Crippen molar-refractivity contribution in [2.24, 2.45) is 5.92 Å². The number of halogens is 2. The summed E-state index contributed by atoms with van der Waals surface area (Å²) in [5.41, 5.74) is 0.273. The molecular formula is C21H21ClFN3O6. The number of nitro benzene ring substituents is 1. The van der Waals surface area contributed by atoms with Gasteiger partial charge in [0.05, 0.1) is 15.5 Å². The molecule has 0 fully saturated rings. The molecule has 2 N–H and O–H groups in total. The predicted octanol–water partition coefficient (Wildman–Crippen LogP) is 3.63. The van der Waals surface area contributed by atoms with Gasteiger partial charge >= 0.3 is 5.97 Å². The Kier molecular flexibility index (Phi) is 8.25. The lowest BCUT2D eigenvalue weighted by Gasteiger charge is -2.21. The molecule has 32 heavy (non-hydrogen) atoms. The lowest BCUT2D eigenvalue weighted by molar-refractivity contribution is -0.384. The Morgan fingerprint density at radius 2 is 1.88 bits per heavy atom. The average Bonchev–Trinajstić information content (AvgIpc) is 2.72. The highest BCUT2D eigenvalue weighted by molar-refractivity contribution is 6.34. The van der Waals surface area contributed by atoms with E-state index in [9.17, 15) is 28.9 Å². The van der Waals surface area contributed by atoms with Gasteiger partial charge in [0.15, 0.2) is 6.61 Å². The van der Waals surface area contributed by atoms with Crippen LogP contribution >= 0.6 is 11.6 Å². The zero-order chi connectivity index (χ0) is 24.0. The number of carbonyl (C=O) groups excluding carboxylic acids is 3. The number of nitrogens with zero attached hydrogens (tertiary/aromatic N) is 1. The number of nitrogens with one attached hydrogen (secondary N) is 2. The van der Waals surface area contributed by atoms with Crippen LogP contribution in [0.2, 0.25) is 5.02 Å². The summed E-state index contributed by atoms with van der Waals surface area (Å²) < 4.78 is 18.6. The molecule has 0 saturated carbocycles. The number of carbonyl (C=O) groups is 3. The van der Waals surface area contributed by atoms with Crippen LogP contribution in [-0.4, -0.2) is 35.4 Å². The van der Waals surface area contributed by atoms with E-state index >= 15 is 0 Å². The first kappa shape index (κ1) is 24.7. The van der Waals surface area contributed by atoms with Gasteiger partial charge in [0.1, 0.15) is 11.9 Å². The Bertz CT molecular complexity index is 1060. The Morgan fingerprint density at radius 3 is 2.44 bits per heavy atom. The molecule has 2 amide bonds. The molecule has 0 spiro atoms. The van der Waals surface area contributed by atoms with Crippen LogP contribution in [-0.2, 0) is 14.3 Å². The van der Waals surface area contributed by atoms with Crippen LogP contribution in [0.5, 0.6) is 0 Å². The fourth-order valence-electron chi connectivity index (χ4n) is 2.61. The number of anilines is 1. The number of hydrogen-bond acceptors (Lipinski definition) is 6. The summed E-state index contributed by atoms with van der Waals surface area (Å²) in [5.74, 6) is -3.18. The van der Waals surface area contributed by atoms with E-state index in [-0.39, 0.29) is 22.0 Å². The standard InChI is InChI=1S/C21H21ClFN3O6/c1-11(2)19(25-20(28)15-7-6-14(26(30)31)9-16(15)22)21(29)32-10-18(27)24-13-5-4-12(3)17(23)8-13/h4-9,11,19H,10H2,1-3H3,(H,24,27)(H,25,28)/t19-/m0/s1. The second kappa shape index (κ2) is 10.7. The fraction of sp³-hybridized carbons (Fsp3) is 0.286. The molecule has 2 aromatic carbocycles. The van der Waals surface area contributed by atoms with Crippen LogP contribution < -0.4 is 10.6 Å². The molecule has 2 aromatic rings. The quantitative estimate of drug-likeness (QED) is 0.348. The van der Waals surface area contributed by atoms with E-state index in [2.05, 4.69) is 10.6 Å². The number of amides is 2. The smallest absolute Gasteiger partial charge is 0.329 e. The number of hydrogen-bond donors (Lipinski definition) is 2. The number of aryl methyl sites for hydroxylation is 1. The average molecular weight is 466 g/mol. The van der Waals surface area contributed by atoms with E-state index in [1.165, 1.54) is 18.2 Å². The molecule has 170 valence electrons. The molecule has 0 aromatic heterocycles.